The molecular weight excluding hydrogens is 236 g/mol. The molecule has 2 aromatic carbocycles. The minimum atomic E-state index is -0.688. The number of hydrogen-bond donors (Lipinski definition) is 0. The van der Waals surface area contributed by atoms with Crippen LogP contribution in [0, 0.1) is 34.1 Å². The second-order valence-corrected chi connectivity index (χ2v) is 4.01. The highest BCUT2D eigenvalue weighted by Gasteiger charge is 2.31. The van der Waals surface area contributed by atoms with Gasteiger partial charge in [0, 0.05) is 11.1 Å². The molecule has 0 saturated carbocycles. The lowest BCUT2D eigenvalue weighted by atomic mass is 9.97. The average molecular weight is 246 g/mol. The van der Waals surface area contributed by atoms with Gasteiger partial charge < -0.3 is 0 Å². The summed E-state index contributed by atoms with van der Waals surface area (Å²) in [6.07, 6.45) is 0. The van der Waals surface area contributed by atoms with Crippen LogP contribution in [0.4, 0.5) is 11.4 Å². The lowest BCUT2D eigenvalue weighted by molar-refractivity contribution is -0.423. The molecule has 0 saturated heterocycles. The lowest BCUT2D eigenvalue weighted by Crippen LogP contribution is -2.02. The highest BCUT2D eigenvalue weighted by atomic mass is 16.6. The zero-order valence-electron chi connectivity index (χ0n) is 9.84. The van der Waals surface area contributed by atoms with Crippen LogP contribution in [0.5, 0.6) is 0 Å². The molecule has 0 aromatic heterocycles. The highest BCUT2D eigenvalue weighted by molar-refractivity contribution is 5.95. The Hall–Kier alpha value is -2.50. The summed E-state index contributed by atoms with van der Waals surface area (Å²) in [5.41, 5.74) is -0.187. The van der Waals surface area contributed by atoms with Gasteiger partial charge in [-0.2, -0.15) is 0 Å². The molecule has 6 nitrogen and oxygen atoms in total. The molecule has 6 heteroatoms. The van der Waals surface area contributed by atoms with E-state index in [9.17, 15) is 20.2 Å². The molecule has 2 aromatic rings. The smallest absolute Gasteiger partial charge is 0.258 e. The van der Waals surface area contributed by atoms with Gasteiger partial charge in [-0.25, -0.2) is 0 Å². The molecule has 0 unspecified atom stereocenters. The highest BCUT2D eigenvalue weighted by Crippen LogP contribution is 2.39. The van der Waals surface area contributed by atoms with Gasteiger partial charge in [0.15, 0.2) is 0 Å². The maximum absolute atomic E-state index is 11.0. The van der Waals surface area contributed by atoms with Gasteiger partial charge in [0.1, 0.15) is 0 Å². The van der Waals surface area contributed by atoms with E-state index in [1.807, 2.05) is 0 Å². The number of hydrogen-bond acceptors (Lipinski definition) is 4. The summed E-state index contributed by atoms with van der Waals surface area (Å²) in [7, 11) is 0. The molecule has 0 bridgehead atoms. The molecule has 0 aliphatic rings. The Morgan fingerprint density at radius 2 is 1.17 bits per heavy atom. The summed E-state index contributed by atoms with van der Waals surface area (Å²) >= 11 is 0. The van der Waals surface area contributed by atoms with Crippen LogP contribution in [0.2, 0.25) is 0 Å². The predicted molar refractivity (Wildman–Crippen MR) is 66.7 cm³/mol. The molecule has 0 N–H and O–H groups in total. The van der Waals surface area contributed by atoms with Crippen molar-refractivity contribution in [3.63, 3.8) is 0 Å². The van der Waals surface area contributed by atoms with Gasteiger partial charge >= 0.3 is 11.4 Å². The number of nitrogens with zero attached hydrogens (tertiary/aromatic N) is 2. The van der Waals surface area contributed by atoms with E-state index in [-0.39, 0.29) is 0 Å². The Morgan fingerprint density at radius 3 is 1.44 bits per heavy atom. The predicted octanol–water partition coefficient (Wildman–Crippen LogP) is 3.27. The molecule has 0 aliphatic carbocycles. The third kappa shape index (κ3) is 1.58. The van der Waals surface area contributed by atoms with Crippen LogP contribution in [0.1, 0.15) is 11.1 Å². The lowest BCUT2D eigenvalue weighted by Gasteiger charge is -2.07. The fourth-order valence-corrected chi connectivity index (χ4v) is 2.19. The fourth-order valence-electron chi connectivity index (χ4n) is 2.19. The van der Waals surface area contributed by atoms with E-state index in [0.717, 1.165) is 0 Å². The number of nitro groups is 2. The standard InChI is InChI=1S/C12H10N2O4/c1-7-9-5-3-4-6-10(9)8(2)12(14(17)18)11(7)13(15)16/h3-6H,1-2H3. The van der Waals surface area contributed by atoms with Crippen molar-refractivity contribution >= 4 is 22.1 Å². The van der Waals surface area contributed by atoms with E-state index in [0.29, 0.717) is 21.9 Å². The van der Waals surface area contributed by atoms with Crippen LogP contribution in [0.3, 0.4) is 0 Å². The molecule has 92 valence electrons. The summed E-state index contributed by atoms with van der Waals surface area (Å²) in [4.78, 5) is 20.7. The third-order valence-corrected chi connectivity index (χ3v) is 3.03. The van der Waals surface area contributed by atoms with Crippen LogP contribution in [-0.2, 0) is 0 Å². The van der Waals surface area contributed by atoms with Crippen molar-refractivity contribution in [3.05, 3.63) is 55.6 Å². The molecule has 0 atom stereocenters. The van der Waals surface area contributed by atoms with E-state index in [4.69, 9.17) is 0 Å². The first-order valence-electron chi connectivity index (χ1n) is 5.25. The van der Waals surface area contributed by atoms with Crippen molar-refractivity contribution in [3.8, 4) is 0 Å². The minimum absolute atomic E-state index is 0.327. The van der Waals surface area contributed by atoms with E-state index in [1.54, 1.807) is 24.3 Å². The fraction of sp³-hybridized carbons (Fsp3) is 0.167. The first-order chi connectivity index (χ1) is 8.45. The van der Waals surface area contributed by atoms with Crippen LogP contribution in [0.15, 0.2) is 24.3 Å². The number of aryl methyl sites for hydroxylation is 2. The van der Waals surface area contributed by atoms with Gasteiger partial charge in [0.05, 0.1) is 9.85 Å². The quantitative estimate of drug-likeness (QED) is 0.601. The van der Waals surface area contributed by atoms with Crippen molar-refractivity contribution in [2.45, 2.75) is 13.8 Å². The van der Waals surface area contributed by atoms with Crippen molar-refractivity contribution in [2.75, 3.05) is 0 Å². The van der Waals surface area contributed by atoms with Crippen molar-refractivity contribution in [2.24, 2.45) is 0 Å². The zero-order valence-corrected chi connectivity index (χ0v) is 9.84. The van der Waals surface area contributed by atoms with Gasteiger partial charge in [0.25, 0.3) is 0 Å². The first kappa shape index (κ1) is 12.0. The van der Waals surface area contributed by atoms with Crippen molar-refractivity contribution in [1.82, 2.24) is 0 Å². The van der Waals surface area contributed by atoms with Gasteiger partial charge in [-0.15, -0.1) is 0 Å². The van der Waals surface area contributed by atoms with Crippen LogP contribution < -0.4 is 0 Å². The third-order valence-electron chi connectivity index (χ3n) is 3.03. The van der Waals surface area contributed by atoms with Gasteiger partial charge in [-0.1, -0.05) is 24.3 Å². The molecule has 0 fully saturated rings. The summed E-state index contributed by atoms with van der Waals surface area (Å²) in [6, 6.07) is 6.97. The second kappa shape index (κ2) is 4.06. The van der Waals surface area contributed by atoms with E-state index in [2.05, 4.69) is 0 Å². The van der Waals surface area contributed by atoms with Crippen LogP contribution >= 0.6 is 0 Å². The molecular formula is C12H10N2O4. The minimum Gasteiger partial charge on any atom is -0.258 e. The van der Waals surface area contributed by atoms with Crippen molar-refractivity contribution < 1.29 is 9.85 Å². The molecule has 18 heavy (non-hydrogen) atoms. The van der Waals surface area contributed by atoms with E-state index in [1.165, 1.54) is 13.8 Å². The Balaban J connectivity index is 3.06. The second-order valence-electron chi connectivity index (χ2n) is 4.01. The van der Waals surface area contributed by atoms with Crippen LogP contribution in [0.25, 0.3) is 10.8 Å². The summed E-state index contributed by atoms with van der Waals surface area (Å²) in [6.45, 7) is 3.07. The van der Waals surface area contributed by atoms with Crippen LogP contribution in [-0.4, -0.2) is 9.85 Å². The Labute approximate surface area is 102 Å². The SMILES string of the molecule is Cc1c([N+](=O)[O-])c([N+](=O)[O-])c(C)c2ccccc12. The number of fused-ring (bicyclic) bond motifs is 1. The monoisotopic (exact) mass is 246 g/mol. The molecule has 0 amide bonds. The summed E-state index contributed by atoms with van der Waals surface area (Å²) in [5, 5.41) is 23.4. The summed E-state index contributed by atoms with van der Waals surface area (Å²) in [5.74, 6) is 0. The van der Waals surface area contributed by atoms with Gasteiger partial charge in [-0.3, -0.25) is 20.2 Å². The first-order valence-corrected chi connectivity index (χ1v) is 5.25. The average Bonchev–Trinajstić information content (AvgIpc) is 2.32. The summed E-state index contributed by atoms with van der Waals surface area (Å²) < 4.78 is 0. The van der Waals surface area contributed by atoms with Gasteiger partial charge in [0.2, 0.25) is 0 Å². The Kier molecular flexibility index (Phi) is 2.70. The Bertz CT molecular complexity index is 621. The number of nitro benzene ring substituents is 2. The van der Waals surface area contributed by atoms with Crippen molar-refractivity contribution in [1.29, 1.82) is 0 Å². The normalized spacial score (nSPS) is 10.6. The van der Waals surface area contributed by atoms with E-state index < -0.39 is 21.2 Å². The maximum atomic E-state index is 11.0. The number of rotatable bonds is 2. The Morgan fingerprint density at radius 1 is 0.833 bits per heavy atom. The largest absolute Gasteiger partial charge is 0.349 e. The molecule has 2 rings (SSSR count). The molecule has 0 aliphatic heterocycles. The topological polar surface area (TPSA) is 86.3 Å². The van der Waals surface area contributed by atoms with Gasteiger partial charge in [-0.05, 0) is 24.6 Å². The molecule has 0 heterocycles. The zero-order chi connectivity index (χ0) is 13.4. The molecule has 0 spiro atoms. The maximum Gasteiger partial charge on any atom is 0.349 e. The number of benzene rings is 2. The molecule has 0 radical (unpaired) electrons. The van der Waals surface area contributed by atoms with E-state index >= 15 is 0 Å².